The van der Waals surface area contributed by atoms with Crippen molar-refractivity contribution in [2.24, 2.45) is 0 Å². The molecule has 1 rings (SSSR count). The summed E-state index contributed by atoms with van der Waals surface area (Å²) >= 11 is 0. The van der Waals surface area contributed by atoms with Crippen molar-refractivity contribution in [3.8, 4) is 0 Å². The lowest BCUT2D eigenvalue weighted by Crippen LogP contribution is -2.58. The molecule has 5 atom stereocenters. The van der Waals surface area contributed by atoms with E-state index >= 15 is 0 Å². The van der Waals surface area contributed by atoms with E-state index in [4.69, 9.17) is 14.7 Å². The van der Waals surface area contributed by atoms with E-state index < -0.39 is 37.1 Å². The molecule has 0 spiro atoms. The number of aliphatic hydroxyl groups is 5. The lowest BCUT2D eigenvalue weighted by Gasteiger charge is -2.37. The summed E-state index contributed by atoms with van der Waals surface area (Å²) in [6, 6.07) is 0. The van der Waals surface area contributed by atoms with E-state index in [9.17, 15) is 20.4 Å². The standard InChI is InChI=1S/C6H12O6/c7-1-2-3(8)4(9)5(10)6(11)12-2/h2-11H,1H2/t2-,3+,4-,5-,6?/m0/s1/i1D2,2D,3D,4D,5D,6+1D. The lowest BCUT2D eigenvalue weighted by atomic mass is 10.0. The smallest absolute Gasteiger partial charge is 0.184 e. The van der Waals surface area contributed by atoms with Gasteiger partial charge in [0, 0.05) is 0 Å². The van der Waals surface area contributed by atoms with Crippen molar-refractivity contribution < 1.29 is 39.9 Å². The molecule has 0 aromatic carbocycles. The molecule has 1 fully saturated rings. The molecule has 1 heterocycles. The van der Waals surface area contributed by atoms with Gasteiger partial charge in [-0.1, -0.05) is 0 Å². The largest absolute Gasteiger partial charge is 0.394 e. The highest BCUT2D eigenvalue weighted by Gasteiger charge is 2.42. The van der Waals surface area contributed by atoms with E-state index in [1.54, 1.807) is 0 Å². The van der Waals surface area contributed by atoms with Gasteiger partial charge in [-0.15, -0.1) is 0 Å². The molecule has 0 aromatic heterocycles. The number of ether oxygens (including phenoxy) is 1. The van der Waals surface area contributed by atoms with Crippen LogP contribution in [0, 0.1) is 0 Å². The van der Waals surface area contributed by atoms with Crippen LogP contribution in [-0.4, -0.2) is 62.7 Å². The Morgan fingerprint density at radius 2 is 1.75 bits per heavy atom. The highest BCUT2D eigenvalue weighted by Crippen LogP contribution is 2.18. The first kappa shape index (κ1) is 3.87. The minimum atomic E-state index is -4.16. The first-order valence-corrected chi connectivity index (χ1v) is 2.78. The maximum absolute atomic E-state index is 9.57. The number of rotatable bonds is 1. The van der Waals surface area contributed by atoms with E-state index in [1.165, 1.54) is 0 Å². The predicted octanol–water partition coefficient (Wildman–Crippen LogP) is -3.22. The maximum Gasteiger partial charge on any atom is 0.184 e. The summed E-state index contributed by atoms with van der Waals surface area (Å²) in [7, 11) is 0. The molecule has 6 nitrogen and oxygen atoms in total. The molecule has 0 amide bonds. The molecule has 1 unspecified atom stereocenters. The second kappa shape index (κ2) is 3.65. The van der Waals surface area contributed by atoms with Gasteiger partial charge < -0.3 is 30.3 Å². The Kier molecular flexibility index (Phi) is 1.18. The highest BCUT2D eigenvalue weighted by molar-refractivity contribution is 4.87. The fraction of sp³-hybridized carbons (Fsp3) is 1.00. The number of hydrogen-bond acceptors (Lipinski definition) is 6. The highest BCUT2D eigenvalue weighted by atomic mass is 16.7. The van der Waals surface area contributed by atoms with Crippen LogP contribution in [0.2, 0.25) is 0 Å². The summed E-state index contributed by atoms with van der Waals surface area (Å²) in [6.45, 7) is -3.93. The zero-order chi connectivity index (χ0) is 15.7. The molecule has 6 heteroatoms. The molecule has 0 saturated carbocycles. The molecule has 12 heavy (non-hydrogen) atoms. The first-order chi connectivity index (χ1) is 7.96. The van der Waals surface area contributed by atoms with Gasteiger partial charge in [-0.3, -0.25) is 0 Å². The van der Waals surface area contributed by atoms with E-state index in [1.807, 2.05) is 0 Å². The van der Waals surface area contributed by atoms with E-state index in [-0.39, 0.29) is 0 Å². The molecular weight excluding hydrogens is 169 g/mol. The van der Waals surface area contributed by atoms with Crippen LogP contribution in [0.3, 0.4) is 0 Å². The van der Waals surface area contributed by atoms with Gasteiger partial charge in [0.1, 0.15) is 24.3 Å². The summed E-state index contributed by atoms with van der Waals surface area (Å²) in [5, 5.41) is 46.8. The van der Waals surface area contributed by atoms with Gasteiger partial charge >= 0.3 is 0 Å². The summed E-state index contributed by atoms with van der Waals surface area (Å²) in [5.74, 6) is 0. The van der Waals surface area contributed by atoms with Crippen LogP contribution in [-0.2, 0) is 4.74 Å². The van der Waals surface area contributed by atoms with Gasteiger partial charge in [0.25, 0.3) is 0 Å². The fourth-order valence-electron chi connectivity index (χ4n) is 0.590. The van der Waals surface area contributed by atoms with Gasteiger partial charge in [0.05, 0.1) is 16.2 Å². The maximum atomic E-state index is 9.57. The Balaban J connectivity index is 3.60. The molecule has 0 radical (unpaired) electrons. The average molecular weight is 188 g/mol. The van der Waals surface area contributed by atoms with Gasteiger partial charge in [-0.2, -0.15) is 0 Å². The van der Waals surface area contributed by atoms with Crippen LogP contribution < -0.4 is 0 Å². The summed E-state index contributed by atoms with van der Waals surface area (Å²) < 4.78 is 53.4. The van der Waals surface area contributed by atoms with Gasteiger partial charge in [0.15, 0.2) is 6.27 Å². The SMILES string of the molecule is [2H]C([2H])(O)[C@]1([2H])O[13C]([2H])(O)[C@@]([2H])(O)[C@@]([2H])(O)[C@]1([2H])O. The van der Waals surface area contributed by atoms with Crippen molar-refractivity contribution in [2.45, 2.75) is 30.6 Å². The second-order valence-electron chi connectivity index (χ2n) is 1.89. The third kappa shape index (κ3) is 1.58. The normalized spacial score (nSPS) is 89.6. The average Bonchev–Trinajstić information content (AvgIpc) is 2.12. The Bertz CT molecular complexity index is 390. The Labute approximate surface area is 78.5 Å². The summed E-state index contributed by atoms with van der Waals surface area (Å²) in [5.41, 5.74) is 0. The topological polar surface area (TPSA) is 110 Å². The summed E-state index contributed by atoms with van der Waals surface area (Å²) in [4.78, 5) is 0. The van der Waals surface area contributed by atoms with Gasteiger partial charge in [-0.25, -0.2) is 0 Å². The molecule has 0 aliphatic carbocycles. The Morgan fingerprint density at radius 1 is 1.17 bits per heavy atom. The minimum Gasteiger partial charge on any atom is -0.394 e. The fourth-order valence-corrected chi connectivity index (χ4v) is 0.590. The van der Waals surface area contributed by atoms with E-state index in [0.29, 0.717) is 0 Å². The van der Waals surface area contributed by atoms with Crippen molar-refractivity contribution >= 4 is 0 Å². The lowest BCUT2D eigenvalue weighted by molar-refractivity contribution is -0.286. The van der Waals surface area contributed by atoms with Crippen LogP contribution in [0.4, 0.5) is 0 Å². The van der Waals surface area contributed by atoms with E-state index in [2.05, 4.69) is 4.74 Å². The van der Waals surface area contributed by atoms with Crippen molar-refractivity contribution in [3.63, 3.8) is 0 Å². The van der Waals surface area contributed by atoms with E-state index in [0.717, 1.165) is 0 Å². The van der Waals surface area contributed by atoms with Gasteiger partial charge in [-0.05, 0) is 0 Å². The minimum absolute atomic E-state index is 3.90. The van der Waals surface area contributed by atoms with Crippen molar-refractivity contribution in [1.29, 1.82) is 0 Å². The molecular formula is C6H12O6. The van der Waals surface area contributed by atoms with Crippen LogP contribution in [0.15, 0.2) is 0 Å². The predicted molar refractivity (Wildman–Crippen MR) is 36.0 cm³/mol. The monoisotopic (exact) mass is 188 g/mol. The zero-order valence-electron chi connectivity index (χ0n) is 12.6. The Morgan fingerprint density at radius 3 is 2.25 bits per heavy atom. The van der Waals surface area contributed by atoms with Crippen molar-refractivity contribution in [1.82, 2.24) is 0 Å². The molecule has 1 aliphatic rings. The van der Waals surface area contributed by atoms with Crippen LogP contribution in [0.1, 0.15) is 9.60 Å². The molecule has 1 aliphatic heterocycles. The van der Waals surface area contributed by atoms with Crippen LogP contribution in [0.5, 0.6) is 0 Å². The third-order valence-electron chi connectivity index (χ3n) is 1.17. The van der Waals surface area contributed by atoms with Crippen molar-refractivity contribution in [3.05, 3.63) is 0 Å². The second-order valence-corrected chi connectivity index (χ2v) is 1.89. The molecule has 72 valence electrons. The zero-order valence-corrected chi connectivity index (χ0v) is 5.64. The van der Waals surface area contributed by atoms with Crippen LogP contribution >= 0.6 is 0 Å². The van der Waals surface area contributed by atoms with Crippen molar-refractivity contribution in [2.75, 3.05) is 6.56 Å². The third-order valence-corrected chi connectivity index (χ3v) is 1.17. The first-order valence-electron chi connectivity index (χ1n) is 6.28. The summed E-state index contributed by atoms with van der Waals surface area (Å²) in [6.07, 6.45) is -20.3. The number of hydrogen-bond donors (Lipinski definition) is 5. The molecule has 5 N–H and O–H groups in total. The molecule has 0 aromatic rings. The Hall–Kier alpha value is -0.240. The van der Waals surface area contributed by atoms with Gasteiger partial charge in [0.2, 0.25) is 0 Å². The van der Waals surface area contributed by atoms with Crippen LogP contribution in [0.25, 0.3) is 0 Å². The quantitative estimate of drug-likeness (QED) is 0.277. The molecule has 0 bridgehead atoms. The molecule has 1 saturated heterocycles.